The smallest absolute Gasteiger partial charge is 0.324 e. The minimum atomic E-state index is -3.92. The first-order valence-corrected chi connectivity index (χ1v) is 7.99. The molecule has 1 N–H and O–H groups in total. The highest BCUT2D eigenvalue weighted by Crippen LogP contribution is 2.34. The van der Waals surface area contributed by atoms with Crippen LogP contribution in [0.5, 0.6) is 0 Å². The predicted molar refractivity (Wildman–Crippen MR) is 74.3 cm³/mol. The lowest BCUT2D eigenvalue weighted by molar-refractivity contribution is -0.143. The SMILES string of the molecule is COCC(C(=O)O)N(C1CC1)S(=O)(=O)c1cncc(C)c1. The molecular formula is C13H18N2O5S. The van der Waals surface area contributed by atoms with Crippen molar-refractivity contribution < 1.29 is 23.1 Å². The van der Waals surface area contributed by atoms with Crippen molar-refractivity contribution in [3.05, 3.63) is 24.0 Å². The Morgan fingerprint density at radius 1 is 1.52 bits per heavy atom. The Hall–Kier alpha value is -1.51. The highest BCUT2D eigenvalue weighted by atomic mass is 32.2. The van der Waals surface area contributed by atoms with Gasteiger partial charge in [-0.1, -0.05) is 0 Å². The van der Waals surface area contributed by atoms with Gasteiger partial charge < -0.3 is 9.84 Å². The summed E-state index contributed by atoms with van der Waals surface area (Å²) in [5.74, 6) is -1.21. The Morgan fingerprint density at radius 2 is 2.19 bits per heavy atom. The molecule has 7 nitrogen and oxygen atoms in total. The Morgan fingerprint density at radius 3 is 2.67 bits per heavy atom. The molecule has 21 heavy (non-hydrogen) atoms. The molecule has 2 rings (SSSR count). The third-order valence-corrected chi connectivity index (χ3v) is 5.18. The van der Waals surface area contributed by atoms with Crippen molar-refractivity contribution in [3.8, 4) is 0 Å². The number of pyridine rings is 1. The Balaban J connectivity index is 2.43. The molecule has 0 spiro atoms. The molecule has 1 aliphatic carbocycles. The van der Waals surface area contributed by atoms with Crippen molar-refractivity contribution >= 4 is 16.0 Å². The molecule has 0 aliphatic heterocycles. The van der Waals surface area contributed by atoms with Gasteiger partial charge in [0.05, 0.1) is 6.61 Å². The summed E-state index contributed by atoms with van der Waals surface area (Å²) in [4.78, 5) is 15.3. The maximum atomic E-state index is 12.8. The van der Waals surface area contributed by atoms with Crippen molar-refractivity contribution in [3.63, 3.8) is 0 Å². The average molecular weight is 314 g/mol. The second-order valence-electron chi connectivity index (χ2n) is 5.07. The van der Waals surface area contributed by atoms with E-state index in [2.05, 4.69) is 4.98 Å². The summed E-state index contributed by atoms with van der Waals surface area (Å²) in [5, 5.41) is 9.31. The first-order valence-electron chi connectivity index (χ1n) is 6.55. The van der Waals surface area contributed by atoms with E-state index < -0.39 is 22.0 Å². The number of hydrogen-bond donors (Lipinski definition) is 1. The fourth-order valence-electron chi connectivity index (χ4n) is 2.15. The minimum absolute atomic E-state index is 0.0109. The second-order valence-corrected chi connectivity index (χ2v) is 6.92. The van der Waals surface area contributed by atoms with Crippen LogP contribution in [0.4, 0.5) is 0 Å². The highest BCUT2D eigenvalue weighted by Gasteiger charge is 2.45. The normalized spacial score (nSPS) is 16.9. The molecule has 1 heterocycles. The van der Waals surface area contributed by atoms with Crippen LogP contribution in [0.15, 0.2) is 23.4 Å². The molecule has 1 aliphatic rings. The fourth-order valence-corrected chi connectivity index (χ4v) is 4.01. The minimum Gasteiger partial charge on any atom is -0.480 e. The monoisotopic (exact) mass is 314 g/mol. The first-order chi connectivity index (χ1) is 9.87. The van der Waals surface area contributed by atoms with Gasteiger partial charge in [-0.25, -0.2) is 8.42 Å². The van der Waals surface area contributed by atoms with Crippen LogP contribution in [-0.4, -0.2) is 54.6 Å². The molecular weight excluding hydrogens is 296 g/mol. The van der Waals surface area contributed by atoms with E-state index in [9.17, 15) is 18.3 Å². The number of sulfonamides is 1. The van der Waals surface area contributed by atoms with Gasteiger partial charge in [-0.3, -0.25) is 9.78 Å². The molecule has 0 bridgehead atoms. The van der Waals surface area contributed by atoms with Crippen molar-refractivity contribution in [2.24, 2.45) is 0 Å². The molecule has 0 radical (unpaired) electrons. The number of carbonyl (C=O) groups is 1. The molecule has 8 heteroatoms. The molecule has 1 fully saturated rings. The van der Waals surface area contributed by atoms with Gasteiger partial charge >= 0.3 is 5.97 Å². The predicted octanol–water partition coefficient (Wildman–Crippen LogP) is 0.643. The van der Waals surface area contributed by atoms with Gasteiger partial charge in [0.1, 0.15) is 10.9 Å². The van der Waals surface area contributed by atoms with Crippen LogP contribution in [0.1, 0.15) is 18.4 Å². The van der Waals surface area contributed by atoms with Gasteiger partial charge in [-0.2, -0.15) is 4.31 Å². The number of carboxylic acid groups (broad SMARTS) is 1. The summed E-state index contributed by atoms with van der Waals surface area (Å²) in [7, 11) is -2.57. The van der Waals surface area contributed by atoms with Gasteiger partial charge in [0.2, 0.25) is 10.0 Å². The quantitative estimate of drug-likeness (QED) is 0.793. The van der Waals surface area contributed by atoms with Crippen molar-refractivity contribution in [1.82, 2.24) is 9.29 Å². The average Bonchev–Trinajstić information content (AvgIpc) is 3.22. The molecule has 0 amide bonds. The molecule has 1 aromatic rings. The Kier molecular flexibility index (Phi) is 4.60. The van der Waals surface area contributed by atoms with Gasteiger partial charge in [-0.15, -0.1) is 0 Å². The maximum Gasteiger partial charge on any atom is 0.324 e. The molecule has 0 saturated heterocycles. The number of ether oxygens (including phenoxy) is 1. The molecule has 1 unspecified atom stereocenters. The van der Waals surface area contributed by atoms with Crippen LogP contribution in [0.25, 0.3) is 0 Å². The summed E-state index contributed by atoms with van der Waals surface area (Å²) < 4.78 is 31.4. The Bertz CT molecular complexity index is 627. The highest BCUT2D eigenvalue weighted by molar-refractivity contribution is 7.89. The molecule has 1 saturated carbocycles. The van der Waals surface area contributed by atoms with Crippen molar-refractivity contribution in [2.75, 3.05) is 13.7 Å². The maximum absolute atomic E-state index is 12.8. The van der Waals surface area contributed by atoms with Crippen molar-refractivity contribution in [1.29, 1.82) is 0 Å². The van der Waals surface area contributed by atoms with Gasteiger partial charge in [0, 0.05) is 25.5 Å². The van der Waals surface area contributed by atoms with Crippen LogP contribution < -0.4 is 0 Å². The topological polar surface area (TPSA) is 96.8 Å². The van der Waals surface area contributed by atoms with E-state index in [-0.39, 0.29) is 17.5 Å². The van der Waals surface area contributed by atoms with E-state index in [1.807, 2.05) is 0 Å². The van der Waals surface area contributed by atoms with Crippen LogP contribution in [-0.2, 0) is 19.6 Å². The number of aromatic nitrogens is 1. The Labute approximate surface area is 123 Å². The molecule has 116 valence electrons. The van der Waals surface area contributed by atoms with E-state index in [1.165, 1.54) is 19.4 Å². The largest absolute Gasteiger partial charge is 0.480 e. The standard InChI is InChI=1S/C13H18N2O5S/c1-9-5-11(7-14-6-9)21(18,19)15(10-3-4-10)12(8-20-2)13(16)17/h5-7,10,12H,3-4,8H2,1-2H3,(H,16,17). The van der Waals surface area contributed by atoms with E-state index in [0.29, 0.717) is 18.4 Å². The molecule has 0 aromatic carbocycles. The second kappa shape index (κ2) is 6.08. The number of methoxy groups -OCH3 is 1. The van der Waals surface area contributed by atoms with E-state index in [0.717, 1.165) is 4.31 Å². The number of aryl methyl sites for hydroxylation is 1. The van der Waals surface area contributed by atoms with Crippen LogP contribution in [0.2, 0.25) is 0 Å². The molecule has 1 aromatic heterocycles. The van der Waals surface area contributed by atoms with Gasteiger partial charge in [-0.05, 0) is 31.4 Å². The zero-order valence-electron chi connectivity index (χ0n) is 11.9. The van der Waals surface area contributed by atoms with Gasteiger partial charge in [0.25, 0.3) is 0 Å². The lowest BCUT2D eigenvalue weighted by Gasteiger charge is -2.27. The molecule has 1 atom stereocenters. The lowest BCUT2D eigenvalue weighted by Crippen LogP contribution is -2.48. The number of nitrogens with zero attached hydrogens (tertiary/aromatic N) is 2. The van der Waals surface area contributed by atoms with Gasteiger partial charge in [0.15, 0.2) is 0 Å². The van der Waals surface area contributed by atoms with Crippen LogP contribution in [0, 0.1) is 6.92 Å². The lowest BCUT2D eigenvalue weighted by atomic mass is 10.3. The zero-order chi connectivity index (χ0) is 15.6. The van der Waals surface area contributed by atoms with Crippen LogP contribution >= 0.6 is 0 Å². The summed E-state index contributed by atoms with van der Waals surface area (Å²) in [6.07, 6.45) is 4.10. The third-order valence-electron chi connectivity index (χ3n) is 3.25. The van der Waals surface area contributed by atoms with Crippen molar-refractivity contribution in [2.45, 2.75) is 36.7 Å². The third kappa shape index (κ3) is 3.39. The summed E-state index contributed by atoms with van der Waals surface area (Å²) >= 11 is 0. The number of carboxylic acids is 1. The first kappa shape index (κ1) is 15.9. The number of aliphatic carboxylic acids is 1. The number of rotatable bonds is 7. The van der Waals surface area contributed by atoms with Crippen LogP contribution in [0.3, 0.4) is 0 Å². The fraction of sp³-hybridized carbons (Fsp3) is 0.538. The summed E-state index contributed by atoms with van der Waals surface area (Å²) in [6.45, 7) is 1.54. The number of hydrogen-bond acceptors (Lipinski definition) is 5. The summed E-state index contributed by atoms with van der Waals surface area (Å²) in [5.41, 5.74) is 0.699. The van der Waals surface area contributed by atoms with E-state index in [1.54, 1.807) is 13.1 Å². The van der Waals surface area contributed by atoms with E-state index in [4.69, 9.17) is 4.74 Å². The zero-order valence-corrected chi connectivity index (χ0v) is 12.7. The van der Waals surface area contributed by atoms with E-state index >= 15 is 0 Å². The summed E-state index contributed by atoms with van der Waals surface area (Å²) in [6, 6.07) is -0.0246.